The molecule has 100 valence electrons. The van der Waals surface area contributed by atoms with E-state index in [0.29, 0.717) is 6.54 Å². The molecule has 9 heteroatoms. The Balaban J connectivity index is 2.02. The lowest BCUT2D eigenvalue weighted by molar-refractivity contribution is -0.137. The van der Waals surface area contributed by atoms with Crippen LogP contribution in [0.5, 0.6) is 0 Å². The first-order valence-corrected chi connectivity index (χ1v) is 5.41. The minimum Gasteiger partial charge on any atom is -0.480 e. The Morgan fingerprint density at radius 3 is 2.95 bits per heavy atom. The molecular weight excluding hydrogens is 252 g/mol. The smallest absolute Gasteiger partial charge is 0.325 e. The van der Waals surface area contributed by atoms with Crippen LogP contribution in [-0.2, 0) is 17.9 Å². The zero-order valence-corrected chi connectivity index (χ0v) is 10.1. The van der Waals surface area contributed by atoms with Gasteiger partial charge in [-0.3, -0.25) is 14.7 Å². The highest BCUT2D eigenvalue weighted by atomic mass is 16.4. The molecule has 0 unspecified atom stereocenters. The van der Waals surface area contributed by atoms with Gasteiger partial charge in [-0.05, 0) is 0 Å². The Kier molecular flexibility index (Phi) is 3.55. The lowest BCUT2D eigenvalue weighted by atomic mass is 10.3. The average Bonchev–Trinajstić information content (AvgIpc) is 2.98. The van der Waals surface area contributed by atoms with Gasteiger partial charge in [0.2, 0.25) is 0 Å². The summed E-state index contributed by atoms with van der Waals surface area (Å²) in [5, 5.41) is 22.3. The summed E-state index contributed by atoms with van der Waals surface area (Å²) >= 11 is 0. The fourth-order valence-electron chi connectivity index (χ4n) is 1.52. The minimum absolute atomic E-state index is 0.104. The van der Waals surface area contributed by atoms with Gasteiger partial charge < -0.3 is 10.0 Å². The Bertz CT molecular complexity index is 576. The fourth-order valence-corrected chi connectivity index (χ4v) is 1.52. The maximum absolute atomic E-state index is 12.0. The van der Waals surface area contributed by atoms with Crippen LogP contribution in [0, 0.1) is 0 Å². The van der Waals surface area contributed by atoms with E-state index in [4.69, 9.17) is 5.11 Å². The summed E-state index contributed by atoms with van der Waals surface area (Å²) in [5.41, 5.74) is 0.959. The van der Waals surface area contributed by atoms with E-state index >= 15 is 0 Å². The molecule has 2 N–H and O–H groups in total. The van der Waals surface area contributed by atoms with Crippen molar-refractivity contribution in [2.75, 3.05) is 7.05 Å². The minimum atomic E-state index is -1.05. The van der Waals surface area contributed by atoms with Gasteiger partial charge in [-0.2, -0.15) is 5.10 Å². The maximum atomic E-state index is 12.0. The lowest BCUT2D eigenvalue weighted by Crippen LogP contribution is -2.26. The third kappa shape index (κ3) is 3.15. The van der Waals surface area contributed by atoms with Crippen LogP contribution < -0.4 is 0 Å². The predicted molar refractivity (Wildman–Crippen MR) is 62.0 cm³/mol. The summed E-state index contributed by atoms with van der Waals surface area (Å²) in [6.45, 7) is 0.0485. The molecule has 9 nitrogen and oxygen atoms in total. The third-order valence-corrected chi connectivity index (χ3v) is 2.38. The Hall–Kier alpha value is -2.71. The number of hydrogen-bond acceptors (Lipinski definition) is 5. The fraction of sp³-hybridized carbons (Fsp3) is 0.300. The van der Waals surface area contributed by atoms with Crippen molar-refractivity contribution >= 4 is 11.9 Å². The molecule has 1 amide bonds. The monoisotopic (exact) mass is 264 g/mol. The van der Waals surface area contributed by atoms with Crippen molar-refractivity contribution in [3.05, 3.63) is 29.8 Å². The van der Waals surface area contributed by atoms with Crippen LogP contribution in [-0.4, -0.2) is 54.1 Å². The van der Waals surface area contributed by atoms with E-state index in [1.807, 2.05) is 0 Å². The number of nitrogens with one attached hydrogen (secondary N) is 1. The molecule has 0 atom stereocenters. The summed E-state index contributed by atoms with van der Waals surface area (Å²) < 4.78 is 1.10. The molecule has 19 heavy (non-hydrogen) atoms. The highest BCUT2D eigenvalue weighted by molar-refractivity contribution is 5.91. The molecule has 0 aliphatic heterocycles. The van der Waals surface area contributed by atoms with Crippen LogP contribution in [0.3, 0.4) is 0 Å². The first-order valence-electron chi connectivity index (χ1n) is 5.41. The second-order valence-corrected chi connectivity index (χ2v) is 3.96. The Morgan fingerprint density at radius 2 is 2.32 bits per heavy atom. The molecule has 0 saturated carbocycles. The number of carboxylic acids is 1. The highest BCUT2D eigenvalue weighted by Crippen LogP contribution is 2.04. The molecule has 0 aliphatic rings. The normalized spacial score (nSPS) is 10.4. The molecule has 2 rings (SSSR count). The van der Waals surface area contributed by atoms with Crippen LogP contribution in [0.25, 0.3) is 0 Å². The zero-order valence-electron chi connectivity index (χ0n) is 10.1. The summed E-state index contributed by atoms with van der Waals surface area (Å²) in [6, 6.07) is 0. The molecule has 2 heterocycles. The molecular formula is C10H12N6O3. The summed E-state index contributed by atoms with van der Waals surface area (Å²) in [6.07, 6.45) is 4.61. The second kappa shape index (κ2) is 5.29. The van der Waals surface area contributed by atoms with E-state index in [2.05, 4.69) is 20.5 Å². The van der Waals surface area contributed by atoms with Gasteiger partial charge in [-0.15, -0.1) is 5.10 Å². The van der Waals surface area contributed by atoms with Crippen molar-refractivity contribution in [2.24, 2.45) is 0 Å². The van der Waals surface area contributed by atoms with Crippen LogP contribution in [0.15, 0.2) is 18.6 Å². The first kappa shape index (κ1) is 12.7. The van der Waals surface area contributed by atoms with Crippen molar-refractivity contribution in [1.29, 1.82) is 0 Å². The summed E-state index contributed by atoms with van der Waals surface area (Å²) in [5.74, 6) is -1.38. The lowest BCUT2D eigenvalue weighted by Gasteiger charge is -2.13. The van der Waals surface area contributed by atoms with Crippen molar-refractivity contribution < 1.29 is 14.7 Å². The van der Waals surface area contributed by atoms with E-state index in [1.54, 1.807) is 19.4 Å². The molecule has 0 bridgehead atoms. The largest absolute Gasteiger partial charge is 0.480 e. The van der Waals surface area contributed by atoms with Crippen LogP contribution >= 0.6 is 0 Å². The Labute approximate surface area is 107 Å². The third-order valence-electron chi connectivity index (χ3n) is 2.38. The number of aromatic nitrogens is 5. The van der Waals surface area contributed by atoms with Crippen molar-refractivity contribution in [3.63, 3.8) is 0 Å². The predicted octanol–water partition coefficient (Wildman–Crippen LogP) is -0.642. The van der Waals surface area contributed by atoms with E-state index in [1.165, 1.54) is 11.1 Å². The topological polar surface area (TPSA) is 117 Å². The number of nitrogens with zero attached hydrogens (tertiary/aromatic N) is 5. The van der Waals surface area contributed by atoms with Crippen molar-refractivity contribution in [3.8, 4) is 0 Å². The zero-order chi connectivity index (χ0) is 13.8. The SMILES string of the molecule is CN(Cc1cn[nH]c1)C(=O)c1cn(CC(=O)O)nn1. The molecule has 0 radical (unpaired) electrons. The second-order valence-electron chi connectivity index (χ2n) is 3.96. The molecule has 0 spiro atoms. The van der Waals surface area contributed by atoms with Crippen molar-refractivity contribution in [2.45, 2.75) is 13.1 Å². The number of amides is 1. The van der Waals surface area contributed by atoms with E-state index < -0.39 is 5.97 Å². The van der Waals surface area contributed by atoms with Gasteiger partial charge in [0.15, 0.2) is 5.69 Å². The molecule has 2 aromatic heterocycles. The number of aliphatic carboxylic acids is 1. The molecule has 0 fully saturated rings. The van der Waals surface area contributed by atoms with Gasteiger partial charge in [0.1, 0.15) is 6.54 Å². The number of rotatable bonds is 5. The van der Waals surface area contributed by atoms with Crippen LogP contribution in [0.1, 0.15) is 16.1 Å². The number of hydrogen-bond donors (Lipinski definition) is 2. The van der Waals surface area contributed by atoms with Crippen LogP contribution in [0.4, 0.5) is 0 Å². The van der Waals surface area contributed by atoms with Gasteiger partial charge in [0, 0.05) is 25.4 Å². The highest BCUT2D eigenvalue weighted by Gasteiger charge is 2.16. The van der Waals surface area contributed by atoms with Gasteiger partial charge in [0.25, 0.3) is 5.91 Å². The van der Waals surface area contributed by atoms with Gasteiger partial charge in [0.05, 0.1) is 12.4 Å². The summed E-state index contributed by atoms with van der Waals surface area (Å²) in [7, 11) is 1.62. The molecule has 2 aromatic rings. The van der Waals surface area contributed by atoms with E-state index in [-0.39, 0.29) is 18.1 Å². The molecule has 0 saturated heterocycles. The van der Waals surface area contributed by atoms with Gasteiger partial charge in [-0.1, -0.05) is 5.21 Å². The van der Waals surface area contributed by atoms with Crippen molar-refractivity contribution in [1.82, 2.24) is 30.1 Å². The number of carbonyl (C=O) groups is 2. The average molecular weight is 264 g/mol. The van der Waals surface area contributed by atoms with Gasteiger partial charge in [-0.25, -0.2) is 4.68 Å². The van der Waals surface area contributed by atoms with Gasteiger partial charge >= 0.3 is 5.97 Å². The van der Waals surface area contributed by atoms with E-state index in [9.17, 15) is 9.59 Å². The number of carboxylic acid groups (broad SMARTS) is 1. The number of carbonyl (C=O) groups excluding carboxylic acids is 1. The summed E-state index contributed by atoms with van der Waals surface area (Å²) in [4.78, 5) is 23.9. The quantitative estimate of drug-likeness (QED) is 0.741. The molecule has 0 aliphatic carbocycles. The number of aromatic amines is 1. The standard InChI is InChI=1S/C10H12N6O3/c1-15(4-7-2-11-12-3-7)10(19)8-5-16(14-13-8)6-9(17)18/h2-3,5H,4,6H2,1H3,(H,11,12)(H,17,18). The first-order chi connectivity index (χ1) is 9.06. The number of H-pyrrole nitrogens is 1. The van der Waals surface area contributed by atoms with Crippen LogP contribution in [0.2, 0.25) is 0 Å². The maximum Gasteiger partial charge on any atom is 0.325 e. The Morgan fingerprint density at radius 1 is 1.53 bits per heavy atom. The molecule has 0 aromatic carbocycles. The van der Waals surface area contributed by atoms with E-state index in [0.717, 1.165) is 10.2 Å².